The van der Waals surface area contributed by atoms with Gasteiger partial charge < -0.3 is 35.5 Å². The van der Waals surface area contributed by atoms with Crippen LogP contribution in [0.2, 0.25) is 0 Å². The average molecular weight is 1040 g/mol. The molecule has 0 heterocycles. The van der Waals surface area contributed by atoms with E-state index in [1.165, 1.54) is 82.1 Å². The van der Waals surface area contributed by atoms with Gasteiger partial charge in [-0.3, -0.25) is 29.3 Å². The van der Waals surface area contributed by atoms with E-state index >= 15 is 0 Å². The van der Waals surface area contributed by atoms with E-state index in [1.807, 2.05) is 27.7 Å². The van der Waals surface area contributed by atoms with Crippen molar-refractivity contribution in [1.82, 2.24) is 16.0 Å². The number of ether oxygens (including phenoxy) is 3. The average Bonchev–Trinajstić information content (AvgIpc) is 3.72. The van der Waals surface area contributed by atoms with Crippen molar-refractivity contribution in [2.75, 3.05) is 18.5 Å². The molecule has 4 aliphatic rings. The second kappa shape index (κ2) is 27.1. The van der Waals surface area contributed by atoms with E-state index in [2.05, 4.69) is 62.0 Å². The summed E-state index contributed by atoms with van der Waals surface area (Å²) in [6.45, 7) is 21.2. The number of nitrogens with zero attached hydrogens (tertiary/aromatic N) is 1. The van der Waals surface area contributed by atoms with Gasteiger partial charge >= 0.3 is 6.16 Å². The van der Waals surface area contributed by atoms with Gasteiger partial charge in [0.25, 0.3) is 5.69 Å². The highest BCUT2D eigenvalue weighted by Gasteiger charge is 2.59. The number of carbonyl (C=O) groups is 5. The van der Waals surface area contributed by atoms with Gasteiger partial charge in [-0.25, -0.2) is 4.79 Å². The molecule has 0 aliphatic heterocycles. The SMILES string of the molecule is CC(C)CCC[C@@H](C)C1CCC2[C@@H]3CC=C4C[C@@H](OCCCNC(=O)CCC(=O)N[C@@H](CC(C)C)C(=O)N[C@@H](CC(C)C)C(=O)Nc5ccc(COC(=O)Oc6ccc([N+](=O)[O-])cc6)cc5)CC[C@]4(C)C3CC[C@@]21C. The van der Waals surface area contributed by atoms with E-state index < -0.39 is 40.9 Å². The number of anilines is 1. The lowest BCUT2D eigenvalue weighted by atomic mass is 9.47. The highest BCUT2D eigenvalue weighted by atomic mass is 16.7. The number of nitrogens with one attached hydrogen (secondary N) is 4. The summed E-state index contributed by atoms with van der Waals surface area (Å²) >= 11 is 0. The maximum atomic E-state index is 13.7. The van der Waals surface area contributed by atoms with Crippen LogP contribution in [0.3, 0.4) is 0 Å². The van der Waals surface area contributed by atoms with Gasteiger partial charge in [0, 0.05) is 43.8 Å². The van der Waals surface area contributed by atoms with Gasteiger partial charge in [-0.15, -0.1) is 0 Å². The number of fused-ring (bicyclic) bond motifs is 5. The third kappa shape index (κ3) is 16.4. The molecule has 2 aromatic rings. The van der Waals surface area contributed by atoms with Crippen LogP contribution in [0.15, 0.2) is 60.2 Å². The fraction of sp³-hybridized carbons (Fsp3) is 0.683. The van der Waals surface area contributed by atoms with Gasteiger partial charge in [0.1, 0.15) is 24.4 Å². The molecule has 4 amide bonds. The zero-order valence-electron chi connectivity index (χ0n) is 46.5. The molecule has 414 valence electrons. The molecule has 4 aliphatic carbocycles. The Balaban J connectivity index is 0.885. The molecule has 75 heavy (non-hydrogen) atoms. The molecule has 4 N–H and O–H groups in total. The molecule has 0 saturated heterocycles. The number of amides is 4. The topological polar surface area (TPSA) is 204 Å². The van der Waals surface area contributed by atoms with Crippen molar-refractivity contribution in [2.45, 2.75) is 190 Å². The first kappa shape index (κ1) is 58.9. The summed E-state index contributed by atoms with van der Waals surface area (Å²) in [7, 11) is 0. The van der Waals surface area contributed by atoms with Crippen LogP contribution in [-0.4, -0.2) is 66.0 Å². The van der Waals surface area contributed by atoms with Crippen molar-refractivity contribution >= 4 is 41.2 Å². The van der Waals surface area contributed by atoms with Gasteiger partial charge in [0.2, 0.25) is 23.6 Å². The molecule has 10 atom stereocenters. The maximum absolute atomic E-state index is 13.7. The lowest BCUT2D eigenvalue weighted by Crippen LogP contribution is -2.53. The molecule has 0 spiro atoms. The molecule has 0 radical (unpaired) electrons. The molecular formula is C60H89N5O10. The van der Waals surface area contributed by atoms with E-state index in [0.717, 1.165) is 48.3 Å². The molecule has 15 nitrogen and oxygen atoms in total. The van der Waals surface area contributed by atoms with Crippen LogP contribution >= 0.6 is 0 Å². The Kier molecular flexibility index (Phi) is 21.3. The molecule has 3 unspecified atom stereocenters. The first-order chi connectivity index (χ1) is 35.6. The molecule has 15 heteroatoms. The molecular weight excluding hydrogens is 951 g/mol. The minimum atomic E-state index is -0.991. The van der Waals surface area contributed by atoms with Crippen LogP contribution < -0.4 is 26.0 Å². The molecule has 3 fully saturated rings. The van der Waals surface area contributed by atoms with Crippen molar-refractivity contribution in [2.24, 2.45) is 58.2 Å². The smallest absolute Gasteiger partial charge is 0.429 e. The molecule has 6 rings (SSSR count). The third-order valence-electron chi connectivity index (χ3n) is 17.4. The molecule has 2 aromatic carbocycles. The summed E-state index contributed by atoms with van der Waals surface area (Å²) in [5.74, 6) is 3.53. The van der Waals surface area contributed by atoms with E-state index in [0.29, 0.717) is 49.1 Å². The Labute approximate surface area is 446 Å². The van der Waals surface area contributed by atoms with Crippen molar-refractivity contribution in [1.29, 1.82) is 0 Å². The lowest BCUT2D eigenvalue weighted by Gasteiger charge is -2.58. The Morgan fingerprint density at radius 2 is 1.43 bits per heavy atom. The Bertz CT molecular complexity index is 2280. The minimum absolute atomic E-state index is 0.0201. The number of nitro groups is 1. The van der Waals surface area contributed by atoms with Gasteiger partial charge in [-0.1, -0.05) is 105 Å². The molecule has 3 saturated carbocycles. The number of hydrogen-bond acceptors (Lipinski definition) is 10. The summed E-state index contributed by atoms with van der Waals surface area (Å²) in [5, 5.41) is 22.3. The second-order valence-electron chi connectivity index (χ2n) is 24.2. The summed E-state index contributed by atoms with van der Waals surface area (Å²) in [5.41, 5.74) is 3.30. The molecule has 0 aromatic heterocycles. The fourth-order valence-corrected chi connectivity index (χ4v) is 13.4. The second-order valence-corrected chi connectivity index (χ2v) is 24.2. The number of non-ortho nitro benzene ring substituents is 1. The van der Waals surface area contributed by atoms with E-state index in [1.54, 1.807) is 29.8 Å². The van der Waals surface area contributed by atoms with Crippen molar-refractivity contribution in [3.05, 3.63) is 75.9 Å². The number of hydrogen-bond donors (Lipinski definition) is 4. The standard InChI is InChI=1S/C60H89N5O10/c1-38(2)12-10-13-41(7)49-24-25-50-48-23-16-43-36-47(28-30-59(43,8)51(48)29-31-60(49,50)9)73-33-11-32-61-54(66)26-27-55(67)63-52(34-39(3)4)57(69)64-53(35-40(5)6)56(68)62-44-17-14-42(15-18-44)37-74-58(70)75-46-21-19-45(20-22-46)65(71)72/h14-22,38-41,47-53H,10-13,23-37H2,1-9H3,(H,61,66)(H,62,68)(H,63,67)(H,64,69)/t41-,47+,48+,49?,50?,51?,52+,53+,59+,60-/m1/s1. The number of benzene rings is 2. The highest BCUT2D eigenvalue weighted by molar-refractivity contribution is 5.98. The number of allylic oxidation sites excluding steroid dienone is 1. The predicted octanol–water partition coefficient (Wildman–Crippen LogP) is 12.0. The number of rotatable bonds is 26. The van der Waals surface area contributed by atoms with Gasteiger partial charge in [0.05, 0.1) is 11.0 Å². The monoisotopic (exact) mass is 1040 g/mol. The number of carbonyl (C=O) groups excluding carboxylic acids is 5. The minimum Gasteiger partial charge on any atom is -0.429 e. The third-order valence-corrected chi connectivity index (χ3v) is 17.4. The van der Waals surface area contributed by atoms with Crippen LogP contribution in [0.5, 0.6) is 5.75 Å². The summed E-state index contributed by atoms with van der Waals surface area (Å²) in [4.78, 5) is 75.8. The first-order valence-corrected chi connectivity index (χ1v) is 28.3. The normalized spacial score (nSPS) is 25.2. The summed E-state index contributed by atoms with van der Waals surface area (Å²) < 4.78 is 16.7. The molecule has 0 bridgehead atoms. The van der Waals surface area contributed by atoms with E-state index in [9.17, 15) is 34.1 Å². The van der Waals surface area contributed by atoms with Crippen molar-refractivity contribution in [3.8, 4) is 5.75 Å². The van der Waals surface area contributed by atoms with Crippen LogP contribution in [-0.2, 0) is 35.3 Å². The van der Waals surface area contributed by atoms with Crippen molar-refractivity contribution < 1.29 is 43.1 Å². The highest BCUT2D eigenvalue weighted by Crippen LogP contribution is 2.67. The fourth-order valence-electron chi connectivity index (χ4n) is 13.4. The van der Waals surface area contributed by atoms with E-state index in [4.69, 9.17) is 14.2 Å². The lowest BCUT2D eigenvalue weighted by molar-refractivity contribution is -0.384. The van der Waals surface area contributed by atoms with Crippen molar-refractivity contribution in [3.63, 3.8) is 0 Å². The Hall–Kier alpha value is -5.31. The van der Waals surface area contributed by atoms with Gasteiger partial charge in [0.15, 0.2) is 0 Å². The van der Waals surface area contributed by atoms with Crippen LogP contribution in [0.25, 0.3) is 0 Å². The van der Waals surface area contributed by atoms with E-state index in [-0.39, 0.29) is 60.1 Å². The first-order valence-electron chi connectivity index (χ1n) is 28.3. The zero-order chi connectivity index (χ0) is 54.5. The predicted molar refractivity (Wildman–Crippen MR) is 291 cm³/mol. The van der Waals surface area contributed by atoms with Gasteiger partial charge in [-0.05, 0) is 159 Å². The van der Waals surface area contributed by atoms with Crippen LogP contribution in [0, 0.1) is 68.3 Å². The van der Waals surface area contributed by atoms with Gasteiger partial charge in [-0.2, -0.15) is 0 Å². The number of nitro benzene ring substituents is 1. The van der Waals surface area contributed by atoms with Crippen LogP contribution in [0.1, 0.15) is 171 Å². The quantitative estimate of drug-likeness (QED) is 0.0175. The Morgan fingerprint density at radius 3 is 2.09 bits per heavy atom. The largest absolute Gasteiger partial charge is 0.514 e. The Morgan fingerprint density at radius 1 is 0.747 bits per heavy atom. The summed E-state index contributed by atoms with van der Waals surface area (Å²) in [6, 6.07) is 9.77. The maximum Gasteiger partial charge on any atom is 0.514 e. The summed E-state index contributed by atoms with van der Waals surface area (Å²) in [6.07, 6.45) is 17.3. The van der Waals surface area contributed by atoms with Crippen LogP contribution in [0.4, 0.5) is 16.2 Å². The zero-order valence-corrected chi connectivity index (χ0v) is 46.5.